The maximum Gasteiger partial charge on any atom is 0.177 e. The lowest BCUT2D eigenvalue weighted by Gasteiger charge is -2.18. The summed E-state index contributed by atoms with van der Waals surface area (Å²) in [5, 5.41) is 1.34. The topological polar surface area (TPSA) is 25.6 Å². The van der Waals surface area contributed by atoms with Gasteiger partial charge in [0.25, 0.3) is 0 Å². The van der Waals surface area contributed by atoms with Crippen LogP contribution in [0.4, 0.5) is 0 Å². The zero-order valence-electron chi connectivity index (χ0n) is 12.5. The second-order valence-electron chi connectivity index (χ2n) is 5.90. The molecule has 23 heavy (non-hydrogen) atoms. The Morgan fingerprint density at radius 2 is 1.74 bits per heavy atom. The number of aromatic amines is 1. The van der Waals surface area contributed by atoms with Gasteiger partial charge in [-0.05, 0) is 42.4 Å². The molecule has 3 heterocycles. The average molecular weight is 317 g/mol. The second-order valence-corrected chi connectivity index (χ2v) is 6.28. The van der Waals surface area contributed by atoms with E-state index in [9.17, 15) is 0 Å². The fourth-order valence-electron chi connectivity index (χ4n) is 3.71. The predicted octanol–water partition coefficient (Wildman–Crippen LogP) is 4.71. The van der Waals surface area contributed by atoms with Gasteiger partial charge in [-0.1, -0.05) is 36.4 Å². The maximum absolute atomic E-state index is 5.44. The summed E-state index contributed by atoms with van der Waals surface area (Å²) in [6.45, 7) is 0.938. The van der Waals surface area contributed by atoms with Crippen molar-refractivity contribution in [1.82, 2.24) is 14.1 Å². The Morgan fingerprint density at radius 1 is 0.957 bits per heavy atom. The number of hydrogen-bond donors (Lipinski definition) is 1. The van der Waals surface area contributed by atoms with Gasteiger partial charge in [0.2, 0.25) is 0 Å². The van der Waals surface area contributed by atoms with Crippen molar-refractivity contribution in [3.05, 3.63) is 71.1 Å². The molecular formula is C19H15N3S. The lowest BCUT2D eigenvalue weighted by Crippen LogP contribution is -2.12. The highest BCUT2D eigenvalue weighted by Crippen LogP contribution is 2.39. The summed E-state index contributed by atoms with van der Waals surface area (Å²) in [5.74, 6) is 0. The van der Waals surface area contributed by atoms with Crippen LogP contribution in [-0.2, 0) is 13.0 Å². The molecule has 2 aromatic carbocycles. The number of para-hydroxylation sites is 2. The largest absolute Gasteiger partial charge is 0.337 e. The molecule has 0 atom stereocenters. The molecule has 5 rings (SSSR count). The molecule has 4 heteroatoms. The number of rotatable bonds is 1. The number of fused-ring (bicyclic) bond motifs is 5. The Hall–Kier alpha value is -2.59. The summed E-state index contributed by atoms with van der Waals surface area (Å²) in [6, 6.07) is 19.2. The molecule has 0 spiro atoms. The first-order valence-corrected chi connectivity index (χ1v) is 8.22. The molecule has 3 nitrogen and oxygen atoms in total. The van der Waals surface area contributed by atoms with Gasteiger partial charge in [0.1, 0.15) is 0 Å². The minimum absolute atomic E-state index is 0.801. The summed E-state index contributed by atoms with van der Waals surface area (Å²) in [7, 11) is 0. The van der Waals surface area contributed by atoms with Gasteiger partial charge in [-0.25, -0.2) is 0 Å². The van der Waals surface area contributed by atoms with Gasteiger partial charge in [0, 0.05) is 23.8 Å². The second kappa shape index (κ2) is 4.70. The number of aryl methyl sites for hydroxylation is 1. The van der Waals surface area contributed by atoms with E-state index in [1.807, 2.05) is 6.20 Å². The van der Waals surface area contributed by atoms with Crippen LogP contribution in [0.15, 0.2) is 60.8 Å². The third kappa shape index (κ3) is 1.72. The third-order valence-electron chi connectivity index (χ3n) is 4.69. The lowest BCUT2D eigenvalue weighted by molar-refractivity contribution is 0.674. The van der Waals surface area contributed by atoms with Gasteiger partial charge >= 0.3 is 0 Å². The van der Waals surface area contributed by atoms with Crippen LogP contribution in [0.1, 0.15) is 5.56 Å². The van der Waals surface area contributed by atoms with Crippen molar-refractivity contribution in [3.8, 4) is 17.1 Å². The monoisotopic (exact) mass is 317 g/mol. The minimum Gasteiger partial charge on any atom is -0.337 e. The molecule has 0 fully saturated rings. The lowest BCUT2D eigenvalue weighted by atomic mass is 10.0. The summed E-state index contributed by atoms with van der Waals surface area (Å²) in [4.78, 5) is 3.21. The molecule has 0 saturated heterocycles. The van der Waals surface area contributed by atoms with Crippen molar-refractivity contribution in [1.29, 1.82) is 0 Å². The van der Waals surface area contributed by atoms with E-state index >= 15 is 0 Å². The number of aromatic nitrogens is 3. The number of hydrogen-bond acceptors (Lipinski definition) is 1. The molecular weight excluding hydrogens is 302 g/mol. The molecule has 112 valence electrons. The maximum atomic E-state index is 5.44. The molecule has 0 aliphatic carbocycles. The Labute approximate surface area is 138 Å². The standard InChI is InChI=1S/C19H15N3S/c23-19-20-12-17-18-15(10-11-21(17)19)14-8-4-5-9-16(14)22(18)13-6-2-1-3-7-13/h1-9,12H,10-11H2,(H,20,23). The Morgan fingerprint density at radius 3 is 2.61 bits per heavy atom. The van der Waals surface area contributed by atoms with E-state index in [0.29, 0.717) is 0 Å². The summed E-state index contributed by atoms with van der Waals surface area (Å²) < 4.78 is 5.37. The van der Waals surface area contributed by atoms with Gasteiger partial charge in [-0.3, -0.25) is 0 Å². The average Bonchev–Trinajstić information content (AvgIpc) is 3.14. The first kappa shape index (κ1) is 12.9. The first-order valence-electron chi connectivity index (χ1n) is 7.81. The quantitative estimate of drug-likeness (QED) is 0.505. The van der Waals surface area contributed by atoms with Crippen LogP contribution in [0.2, 0.25) is 0 Å². The van der Waals surface area contributed by atoms with E-state index in [2.05, 4.69) is 68.7 Å². The smallest absolute Gasteiger partial charge is 0.177 e. The zero-order chi connectivity index (χ0) is 15.4. The molecule has 0 bridgehead atoms. The molecule has 4 aromatic rings. The van der Waals surface area contributed by atoms with E-state index in [-0.39, 0.29) is 0 Å². The summed E-state index contributed by atoms with van der Waals surface area (Å²) in [6.07, 6.45) is 3.05. The fraction of sp³-hybridized carbons (Fsp3) is 0.105. The highest BCUT2D eigenvalue weighted by atomic mass is 32.1. The molecule has 2 aromatic heterocycles. The van der Waals surface area contributed by atoms with Crippen LogP contribution in [0.25, 0.3) is 28.0 Å². The molecule has 0 amide bonds. The summed E-state index contributed by atoms with van der Waals surface area (Å²) >= 11 is 5.44. The molecule has 1 aliphatic heterocycles. The van der Waals surface area contributed by atoms with E-state index in [1.54, 1.807) is 0 Å². The van der Waals surface area contributed by atoms with Crippen molar-refractivity contribution in [2.45, 2.75) is 13.0 Å². The van der Waals surface area contributed by atoms with E-state index in [0.717, 1.165) is 17.7 Å². The third-order valence-corrected chi connectivity index (χ3v) is 5.03. The van der Waals surface area contributed by atoms with Gasteiger partial charge in [0.05, 0.1) is 16.9 Å². The van der Waals surface area contributed by atoms with Crippen LogP contribution >= 0.6 is 12.2 Å². The molecule has 0 unspecified atom stereocenters. The van der Waals surface area contributed by atoms with Gasteiger partial charge < -0.3 is 14.1 Å². The number of H-pyrrole nitrogens is 1. The summed E-state index contributed by atoms with van der Waals surface area (Å²) in [5.41, 5.74) is 6.29. The van der Waals surface area contributed by atoms with Crippen LogP contribution in [0, 0.1) is 4.77 Å². The van der Waals surface area contributed by atoms with Crippen molar-refractivity contribution in [3.63, 3.8) is 0 Å². The van der Waals surface area contributed by atoms with E-state index in [4.69, 9.17) is 12.2 Å². The number of benzene rings is 2. The predicted molar refractivity (Wildman–Crippen MR) is 95.6 cm³/mol. The van der Waals surface area contributed by atoms with E-state index < -0.39 is 0 Å². The van der Waals surface area contributed by atoms with Gasteiger partial charge in [-0.15, -0.1) is 0 Å². The highest BCUT2D eigenvalue weighted by molar-refractivity contribution is 7.71. The Kier molecular flexibility index (Phi) is 2.64. The van der Waals surface area contributed by atoms with Crippen LogP contribution in [0.3, 0.4) is 0 Å². The van der Waals surface area contributed by atoms with Crippen molar-refractivity contribution in [2.75, 3.05) is 0 Å². The number of nitrogens with one attached hydrogen (secondary N) is 1. The SMILES string of the molecule is S=c1[nH]cc2n1CCc1c-2n(-c2ccccc2)c2ccccc12. The molecule has 1 aliphatic rings. The zero-order valence-corrected chi connectivity index (χ0v) is 13.3. The Bertz CT molecular complexity index is 1080. The van der Waals surface area contributed by atoms with Crippen molar-refractivity contribution >= 4 is 23.1 Å². The fourth-order valence-corrected chi connectivity index (χ4v) is 3.96. The van der Waals surface area contributed by atoms with Crippen LogP contribution in [-0.4, -0.2) is 14.1 Å². The van der Waals surface area contributed by atoms with Crippen LogP contribution < -0.4 is 0 Å². The first-order chi connectivity index (χ1) is 11.3. The van der Waals surface area contributed by atoms with Gasteiger partial charge in [-0.2, -0.15) is 0 Å². The Balaban J connectivity index is 1.97. The van der Waals surface area contributed by atoms with Gasteiger partial charge in [0.15, 0.2) is 4.77 Å². The van der Waals surface area contributed by atoms with Crippen LogP contribution in [0.5, 0.6) is 0 Å². The molecule has 0 radical (unpaired) electrons. The molecule has 0 saturated carbocycles. The normalized spacial score (nSPS) is 13.0. The number of nitrogens with zero attached hydrogens (tertiary/aromatic N) is 2. The highest BCUT2D eigenvalue weighted by Gasteiger charge is 2.25. The minimum atomic E-state index is 0.801. The van der Waals surface area contributed by atoms with Crippen molar-refractivity contribution in [2.24, 2.45) is 0 Å². The van der Waals surface area contributed by atoms with E-state index in [1.165, 1.54) is 33.5 Å². The van der Waals surface area contributed by atoms with Crippen molar-refractivity contribution < 1.29 is 0 Å². The molecule has 1 N–H and O–H groups in total. The number of imidazole rings is 1.